The lowest BCUT2D eigenvalue weighted by Crippen LogP contribution is -2.28. The maximum absolute atomic E-state index is 12.9. The zero-order valence-corrected chi connectivity index (χ0v) is 16.3. The number of carbonyl (C=O) groups is 2. The summed E-state index contributed by atoms with van der Waals surface area (Å²) in [6.45, 7) is 4.95. The van der Waals surface area contributed by atoms with Crippen LogP contribution >= 0.6 is 0 Å². The Labute approximate surface area is 162 Å². The summed E-state index contributed by atoms with van der Waals surface area (Å²) in [4.78, 5) is 31.9. The summed E-state index contributed by atoms with van der Waals surface area (Å²) in [5.41, 5.74) is 2.12. The van der Waals surface area contributed by atoms with Crippen LogP contribution in [0.25, 0.3) is 0 Å². The van der Waals surface area contributed by atoms with Crippen molar-refractivity contribution in [2.75, 3.05) is 6.61 Å². The highest BCUT2D eigenvalue weighted by molar-refractivity contribution is 5.92. The van der Waals surface area contributed by atoms with Crippen LogP contribution in [-0.4, -0.2) is 34.2 Å². The van der Waals surface area contributed by atoms with Gasteiger partial charge >= 0.3 is 0 Å². The van der Waals surface area contributed by atoms with Crippen molar-refractivity contribution in [3.8, 4) is 5.75 Å². The molecule has 1 atom stereocenters. The quantitative estimate of drug-likeness (QED) is 0.746. The van der Waals surface area contributed by atoms with Gasteiger partial charge in [-0.05, 0) is 50.1 Å². The van der Waals surface area contributed by atoms with E-state index in [9.17, 15) is 18.4 Å². The average molecular weight is 391 g/mol. The normalized spacial score (nSPS) is 12.4. The standard InChI is InChI=1S/C20H23F2N3O3/c1-12-7-17(24-10-18(12)28-11-20(4,21)22)19(27)25-14(3)15-5-6-23-16(9-15)8-13(2)26/h5-7,9-10,14H,8,11H2,1-4H3,(H,25,27). The number of aryl methyl sites for hydroxylation is 1. The second kappa shape index (κ2) is 8.86. The molecule has 1 N–H and O–H groups in total. The van der Waals surface area contributed by atoms with E-state index >= 15 is 0 Å². The van der Waals surface area contributed by atoms with E-state index in [0.29, 0.717) is 11.3 Å². The average Bonchev–Trinajstić information content (AvgIpc) is 2.59. The van der Waals surface area contributed by atoms with Crippen LogP contribution in [0.4, 0.5) is 8.78 Å². The van der Waals surface area contributed by atoms with E-state index in [4.69, 9.17) is 4.74 Å². The summed E-state index contributed by atoms with van der Waals surface area (Å²) in [7, 11) is 0. The van der Waals surface area contributed by atoms with Crippen LogP contribution in [0.3, 0.4) is 0 Å². The van der Waals surface area contributed by atoms with Crippen molar-refractivity contribution in [3.05, 3.63) is 53.1 Å². The molecule has 0 saturated heterocycles. The van der Waals surface area contributed by atoms with Crippen LogP contribution in [0.5, 0.6) is 5.75 Å². The van der Waals surface area contributed by atoms with Gasteiger partial charge in [-0.25, -0.2) is 13.8 Å². The third-order valence-corrected chi connectivity index (χ3v) is 3.89. The fraction of sp³-hybridized carbons (Fsp3) is 0.400. The number of halogens is 2. The van der Waals surface area contributed by atoms with Gasteiger partial charge in [0.1, 0.15) is 17.2 Å². The second-order valence-electron chi connectivity index (χ2n) is 6.85. The summed E-state index contributed by atoms with van der Waals surface area (Å²) in [5.74, 6) is -3.16. The van der Waals surface area contributed by atoms with Crippen molar-refractivity contribution in [3.63, 3.8) is 0 Å². The molecule has 2 heterocycles. The Kier molecular flexibility index (Phi) is 6.77. The van der Waals surface area contributed by atoms with Gasteiger partial charge in [0.05, 0.1) is 12.2 Å². The molecule has 1 amide bonds. The van der Waals surface area contributed by atoms with Crippen molar-refractivity contribution in [1.29, 1.82) is 0 Å². The summed E-state index contributed by atoms with van der Waals surface area (Å²) in [5, 5.41) is 2.82. The van der Waals surface area contributed by atoms with Crippen LogP contribution in [0.1, 0.15) is 54.1 Å². The highest BCUT2D eigenvalue weighted by atomic mass is 19.3. The lowest BCUT2D eigenvalue weighted by Gasteiger charge is -2.16. The highest BCUT2D eigenvalue weighted by Crippen LogP contribution is 2.21. The molecule has 0 aromatic carbocycles. The van der Waals surface area contributed by atoms with E-state index in [0.717, 1.165) is 12.5 Å². The minimum Gasteiger partial charge on any atom is -0.485 e. The van der Waals surface area contributed by atoms with E-state index in [-0.39, 0.29) is 29.7 Å². The number of hydrogen-bond acceptors (Lipinski definition) is 5. The molecule has 0 fully saturated rings. The summed E-state index contributed by atoms with van der Waals surface area (Å²) in [6.07, 6.45) is 3.08. The molecule has 2 aromatic heterocycles. The molecule has 0 aliphatic rings. The van der Waals surface area contributed by atoms with Crippen molar-refractivity contribution < 1.29 is 23.1 Å². The molecule has 2 rings (SSSR count). The summed E-state index contributed by atoms with van der Waals surface area (Å²) < 4.78 is 30.9. The Balaban J connectivity index is 2.06. The number of nitrogens with one attached hydrogen (secondary N) is 1. The van der Waals surface area contributed by atoms with Crippen molar-refractivity contribution in [2.45, 2.75) is 46.1 Å². The number of rotatable bonds is 8. The number of alkyl halides is 2. The molecule has 8 heteroatoms. The topological polar surface area (TPSA) is 81.2 Å². The van der Waals surface area contributed by atoms with Gasteiger partial charge in [0.15, 0.2) is 6.61 Å². The zero-order valence-electron chi connectivity index (χ0n) is 16.3. The Bertz CT molecular complexity index is 866. The summed E-state index contributed by atoms with van der Waals surface area (Å²) in [6, 6.07) is 4.68. The van der Waals surface area contributed by atoms with Gasteiger partial charge in [0, 0.05) is 25.2 Å². The van der Waals surface area contributed by atoms with Crippen LogP contribution < -0.4 is 10.1 Å². The number of nitrogens with zero attached hydrogens (tertiary/aromatic N) is 2. The fourth-order valence-electron chi connectivity index (χ4n) is 2.50. The number of hydrogen-bond donors (Lipinski definition) is 1. The van der Waals surface area contributed by atoms with E-state index in [1.54, 1.807) is 32.2 Å². The van der Waals surface area contributed by atoms with Crippen LogP contribution in [0.15, 0.2) is 30.6 Å². The first-order valence-electron chi connectivity index (χ1n) is 8.77. The second-order valence-corrected chi connectivity index (χ2v) is 6.85. The van der Waals surface area contributed by atoms with Gasteiger partial charge in [0.25, 0.3) is 11.8 Å². The molecule has 0 spiro atoms. The highest BCUT2D eigenvalue weighted by Gasteiger charge is 2.23. The smallest absolute Gasteiger partial charge is 0.278 e. The number of ketones is 1. The maximum atomic E-state index is 12.9. The minimum atomic E-state index is -2.95. The molecule has 0 aliphatic carbocycles. The van der Waals surface area contributed by atoms with E-state index in [2.05, 4.69) is 15.3 Å². The van der Waals surface area contributed by atoms with Crippen LogP contribution in [0.2, 0.25) is 0 Å². The van der Waals surface area contributed by atoms with Gasteiger partial charge in [-0.15, -0.1) is 0 Å². The SMILES string of the molecule is CC(=O)Cc1cc(C(C)NC(=O)c2cc(C)c(OCC(C)(F)F)cn2)ccn1. The first-order valence-corrected chi connectivity index (χ1v) is 8.77. The van der Waals surface area contributed by atoms with E-state index in [1.807, 2.05) is 0 Å². The molecule has 0 saturated carbocycles. The van der Waals surface area contributed by atoms with E-state index < -0.39 is 18.4 Å². The number of aromatic nitrogens is 2. The molecule has 0 radical (unpaired) electrons. The third-order valence-electron chi connectivity index (χ3n) is 3.89. The van der Waals surface area contributed by atoms with Crippen LogP contribution in [-0.2, 0) is 11.2 Å². The van der Waals surface area contributed by atoms with Gasteiger partial charge in [0.2, 0.25) is 0 Å². The van der Waals surface area contributed by atoms with Gasteiger partial charge in [-0.1, -0.05) is 0 Å². The third kappa shape index (κ3) is 6.37. The number of ether oxygens (including phenoxy) is 1. The molecule has 28 heavy (non-hydrogen) atoms. The molecule has 6 nitrogen and oxygen atoms in total. The van der Waals surface area contributed by atoms with Gasteiger partial charge < -0.3 is 10.1 Å². The Morgan fingerprint density at radius 2 is 2.00 bits per heavy atom. The van der Waals surface area contributed by atoms with E-state index in [1.165, 1.54) is 19.2 Å². The monoisotopic (exact) mass is 391 g/mol. The molecule has 0 bridgehead atoms. The predicted molar refractivity (Wildman–Crippen MR) is 99.6 cm³/mol. The summed E-state index contributed by atoms with van der Waals surface area (Å²) >= 11 is 0. The molecule has 1 unspecified atom stereocenters. The lowest BCUT2D eigenvalue weighted by atomic mass is 10.1. The predicted octanol–water partition coefficient (Wildman–Crippen LogP) is 3.44. The minimum absolute atomic E-state index is 0.00385. The van der Waals surface area contributed by atoms with Gasteiger partial charge in [-0.3, -0.25) is 14.6 Å². The van der Waals surface area contributed by atoms with Crippen molar-refractivity contribution in [1.82, 2.24) is 15.3 Å². The first kappa shape index (κ1) is 21.4. The maximum Gasteiger partial charge on any atom is 0.278 e. The molecule has 2 aromatic rings. The van der Waals surface area contributed by atoms with Crippen LogP contribution in [0, 0.1) is 6.92 Å². The number of carbonyl (C=O) groups excluding carboxylic acids is 2. The Hall–Kier alpha value is -2.90. The molecular weight excluding hydrogens is 368 g/mol. The lowest BCUT2D eigenvalue weighted by molar-refractivity contribution is -0.116. The largest absolute Gasteiger partial charge is 0.485 e. The zero-order chi connectivity index (χ0) is 20.9. The Morgan fingerprint density at radius 3 is 2.61 bits per heavy atom. The number of amides is 1. The fourth-order valence-corrected chi connectivity index (χ4v) is 2.50. The molecule has 150 valence electrons. The first-order chi connectivity index (χ1) is 13.0. The number of Topliss-reactive ketones (excluding diaryl/α,β-unsaturated/α-hetero) is 1. The Morgan fingerprint density at radius 1 is 1.29 bits per heavy atom. The number of pyridine rings is 2. The van der Waals surface area contributed by atoms with Gasteiger partial charge in [-0.2, -0.15) is 0 Å². The van der Waals surface area contributed by atoms with Crippen molar-refractivity contribution >= 4 is 11.7 Å². The molecule has 0 aliphatic heterocycles. The molecular formula is C20H23F2N3O3. The van der Waals surface area contributed by atoms with Crippen molar-refractivity contribution in [2.24, 2.45) is 0 Å².